The number of nitrogens with one attached hydrogen (secondary N) is 1. The summed E-state index contributed by atoms with van der Waals surface area (Å²) in [7, 11) is 0. The number of tetrazole rings is 1. The van der Waals surface area contributed by atoms with Gasteiger partial charge in [-0.25, -0.2) is 4.79 Å². The van der Waals surface area contributed by atoms with Crippen LogP contribution in [-0.2, 0) is 11.3 Å². The van der Waals surface area contributed by atoms with Crippen molar-refractivity contribution >= 4 is 28.6 Å². The topological polar surface area (TPSA) is 108 Å². The largest absolute Gasteiger partial charge is 0.399 e. The summed E-state index contributed by atoms with van der Waals surface area (Å²) in [5.41, 5.74) is 6.27. The summed E-state index contributed by atoms with van der Waals surface area (Å²) in [6, 6.07) is 10.3. The van der Waals surface area contributed by atoms with Crippen molar-refractivity contribution in [1.29, 1.82) is 0 Å². The Kier molecular flexibility index (Phi) is 3.71. The van der Waals surface area contributed by atoms with Crippen molar-refractivity contribution in [2.45, 2.75) is 6.54 Å². The normalized spacial score (nSPS) is 10.5. The Hall–Kier alpha value is -2.94. The second-order valence-electron chi connectivity index (χ2n) is 4.46. The number of carbonyl (C=O) groups is 1. The van der Waals surface area contributed by atoms with E-state index in [9.17, 15) is 9.59 Å². The maximum Gasteiger partial charge on any atom is 0.369 e. The number of carbonyl (C=O) groups excluding carboxylic acids is 1. The highest BCUT2D eigenvalue weighted by atomic mass is 32.1. The number of aromatic nitrogens is 4. The summed E-state index contributed by atoms with van der Waals surface area (Å²) in [6.07, 6.45) is 0. The first kappa shape index (κ1) is 14.0. The monoisotopic (exact) mass is 316 g/mol. The Morgan fingerprint density at radius 3 is 2.86 bits per heavy atom. The van der Waals surface area contributed by atoms with Gasteiger partial charge in [-0.1, -0.05) is 6.07 Å². The summed E-state index contributed by atoms with van der Waals surface area (Å²) in [5, 5.41) is 12.6. The molecule has 1 amide bonds. The van der Waals surface area contributed by atoms with Gasteiger partial charge in [-0.15, -0.1) is 11.3 Å². The molecule has 0 atom stereocenters. The Morgan fingerprint density at radius 1 is 1.27 bits per heavy atom. The van der Waals surface area contributed by atoms with Crippen molar-refractivity contribution in [3.05, 3.63) is 52.3 Å². The van der Waals surface area contributed by atoms with Crippen LogP contribution < -0.4 is 16.7 Å². The van der Waals surface area contributed by atoms with E-state index in [0.29, 0.717) is 16.4 Å². The van der Waals surface area contributed by atoms with Gasteiger partial charge in [0.2, 0.25) is 5.91 Å². The number of amides is 1. The fourth-order valence-corrected chi connectivity index (χ4v) is 2.52. The third kappa shape index (κ3) is 2.88. The lowest BCUT2D eigenvalue weighted by atomic mass is 10.3. The maximum atomic E-state index is 12.1. The van der Waals surface area contributed by atoms with E-state index >= 15 is 0 Å². The molecule has 0 saturated heterocycles. The van der Waals surface area contributed by atoms with Crippen molar-refractivity contribution in [2.24, 2.45) is 0 Å². The summed E-state index contributed by atoms with van der Waals surface area (Å²) < 4.78 is 2.15. The lowest BCUT2D eigenvalue weighted by Gasteiger charge is -2.04. The molecule has 2 heterocycles. The molecular weight excluding hydrogens is 304 g/mol. The SMILES string of the molecule is Nc1cccc(NC(=O)Cn2nnn(-c3cccs3)c2=O)c1. The summed E-state index contributed by atoms with van der Waals surface area (Å²) in [4.78, 5) is 24.1. The molecule has 0 radical (unpaired) electrons. The van der Waals surface area contributed by atoms with Gasteiger partial charge in [-0.3, -0.25) is 4.79 Å². The van der Waals surface area contributed by atoms with Gasteiger partial charge in [0.05, 0.1) is 0 Å². The molecule has 3 aromatic rings. The minimum absolute atomic E-state index is 0.223. The van der Waals surface area contributed by atoms with Crippen molar-refractivity contribution in [3.8, 4) is 5.00 Å². The maximum absolute atomic E-state index is 12.1. The van der Waals surface area contributed by atoms with Crippen LogP contribution in [-0.4, -0.2) is 25.7 Å². The minimum Gasteiger partial charge on any atom is -0.399 e. The molecule has 0 aliphatic heterocycles. The third-order valence-electron chi connectivity index (χ3n) is 2.82. The lowest BCUT2D eigenvalue weighted by Crippen LogP contribution is -2.29. The van der Waals surface area contributed by atoms with E-state index in [-0.39, 0.29) is 12.5 Å². The predicted octanol–water partition coefficient (Wildman–Crippen LogP) is 0.711. The molecule has 0 aliphatic carbocycles. The second-order valence-corrected chi connectivity index (χ2v) is 5.38. The zero-order chi connectivity index (χ0) is 15.5. The van der Waals surface area contributed by atoms with E-state index in [1.54, 1.807) is 36.4 Å². The lowest BCUT2D eigenvalue weighted by molar-refractivity contribution is -0.117. The van der Waals surface area contributed by atoms with Gasteiger partial charge >= 0.3 is 5.69 Å². The van der Waals surface area contributed by atoms with Crippen LogP contribution in [0.15, 0.2) is 46.6 Å². The fourth-order valence-electron chi connectivity index (χ4n) is 1.86. The molecule has 112 valence electrons. The standard InChI is InChI=1S/C13H12N6O2S/c14-9-3-1-4-10(7-9)15-11(20)8-18-13(21)19(17-16-18)12-5-2-6-22-12/h1-7H,8,14H2,(H,15,20). The van der Waals surface area contributed by atoms with Gasteiger partial charge in [0, 0.05) is 11.4 Å². The average Bonchev–Trinajstić information content (AvgIpc) is 3.10. The molecular formula is C13H12N6O2S. The molecule has 0 spiro atoms. The van der Waals surface area contributed by atoms with E-state index in [4.69, 9.17) is 5.73 Å². The van der Waals surface area contributed by atoms with Crippen molar-refractivity contribution in [2.75, 3.05) is 11.1 Å². The van der Waals surface area contributed by atoms with Gasteiger partial charge in [-0.05, 0) is 46.1 Å². The quantitative estimate of drug-likeness (QED) is 0.689. The first-order chi connectivity index (χ1) is 10.6. The molecule has 2 aromatic heterocycles. The highest BCUT2D eigenvalue weighted by molar-refractivity contribution is 7.12. The number of nitrogen functional groups attached to an aromatic ring is 1. The Bertz CT molecular complexity index is 852. The molecule has 0 unspecified atom stereocenters. The summed E-state index contributed by atoms with van der Waals surface area (Å²) in [6.45, 7) is -0.223. The smallest absolute Gasteiger partial charge is 0.369 e. The number of hydrogen-bond acceptors (Lipinski definition) is 6. The summed E-state index contributed by atoms with van der Waals surface area (Å²) in [5.74, 6) is -0.383. The van der Waals surface area contributed by atoms with Gasteiger partial charge in [0.1, 0.15) is 11.5 Å². The van der Waals surface area contributed by atoms with Crippen molar-refractivity contribution in [3.63, 3.8) is 0 Å². The Balaban J connectivity index is 1.74. The van der Waals surface area contributed by atoms with Crippen LogP contribution in [0.1, 0.15) is 0 Å². The van der Waals surface area contributed by atoms with E-state index in [2.05, 4.69) is 15.7 Å². The van der Waals surface area contributed by atoms with Crippen LogP contribution in [0, 0.1) is 0 Å². The zero-order valence-corrected chi connectivity index (χ0v) is 12.2. The summed E-state index contributed by atoms with van der Waals surface area (Å²) >= 11 is 1.36. The zero-order valence-electron chi connectivity index (χ0n) is 11.3. The third-order valence-corrected chi connectivity index (χ3v) is 3.66. The number of nitrogens with zero attached hydrogens (tertiary/aromatic N) is 4. The van der Waals surface area contributed by atoms with Crippen LogP contribution in [0.4, 0.5) is 11.4 Å². The van der Waals surface area contributed by atoms with Crippen LogP contribution in [0.3, 0.4) is 0 Å². The molecule has 3 N–H and O–H groups in total. The highest BCUT2D eigenvalue weighted by Gasteiger charge is 2.12. The molecule has 9 heteroatoms. The van der Waals surface area contributed by atoms with Crippen LogP contribution in [0.2, 0.25) is 0 Å². The molecule has 3 rings (SSSR count). The second kappa shape index (κ2) is 5.82. The molecule has 8 nitrogen and oxygen atoms in total. The molecule has 1 aromatic carbocycles. The van der Waals surface area contributed by atoms with Gasteiger partial charge < -0.3 is 11.1 Å². The van der Waals surface area contributed by atoms with E-state index < -0.39 is 5.69 Å². The molecule has 0 saturated carbocycles. The van der Waals surface area contributed by atoms with Crippen molar-refractivity contribution in [1.82, 2.24) is 19.8 Å². The number of anilines is 2. The van der Waals surface area contributed by atoms with Crippen LogP contribution in [0.5, 0.6) is 0 Å². The molecule has 0 bridgehead atoms. The van der Waals surface area contributed by atoms with Gasteiger partial charge in [0.25, 0.3) is 0 Å². The molecule has 0 aliphatic rings. The molecule has 22 heavy (non-hydrogen) atoms. The van der Waals surface area contributed by atoms with Crippen LogP contribution in [0.25, 0.3) is 5.00 Å². The van der Waals surface area contributed by atoms with Crippen LogP contribution >= 0.6 is 11.3 Å². The van der Waals surface area contributed by atoms with Crippen molar-refractivity contribution < 1.29 is 4.79 Å². The van der Waals surface area contributed by atoms with E-state index in [1.165, 1.54) is 11.3 Å². The fraction of sp³-hybridized carbons (Fsp3) is 0.0769. The first-order valence-electron chi connectivity index (χ1n) is 6.35. The average molecular weight is 316 g/mol. The van der Waals surface area contributed by atoms with Gasteiger partial charge in [-0.2, -0.15) is 9.36 Å². The number of hydrogen-bond donors (Lipinski definition) is 2. The number of thiophene rings is 1. The predicted molar refractivity (Wildman–Crippen MR) is 83.0 cm³/mol. The van der Waals surface area contributed by atoms with Gasteiger partial charge in [0.15, 0.2) is 0 Å². The number of nitrogens with two attached hydrogens (primary N) is 1. The minimum atomic E-state index is -0.467. The number of benzene rings is 1. The Morgan fingerprint density at radius 2 is 2.14 bits per heavy atom. The molecule has 0 fully saturated rings. The first-order valence-corrected chi connectivity index (χ1v) is 7.23. The van der Waals surface area contributed by atoms with E-state index in [0.717, 1.165) is 9.36 Å². The van der Waals surface area contributed by atoms with E-state index in [1.807, 2.05) is 5.38 Å². The highest BCUT2D eigenvalue weighted by Crippen LogP contribution is 2.12. The Labute approximate surface area is 128 Å². The number of rotatable bonds is 4.